The van der Waals surface area contributed by atoms with E-state index in [1.165, 1.54) is 22.8 Å². The average Bonchev–Trinajstić information content (AvgIpc) is 2.48. The molecule has 0 fully saturated rings. The second-order valence-corrected chi connectivity index (χ2v) is 6.10. The van der Waals surface area contributed by atoms with Gasteiger partial charge in [0, 0.05) is 0 Å². The first kappa shape index (κ1) is 15.5. The molecule has 0 saturated carbocycles. The molecule has 20 heavy (non-hydrogen) atoms. The molecule has 0 aromatic heterocycles. The first-order chi connectivity index (χ1) is 9.56. The first-order valence-corrected chi connectivity index (χ1v) is 8.06. The molecule has 0 N–H and O–H groups in total. The van der Waals surface area contributed by atoms with Gasteiger partial charge in [-0.05, 0) is 47.2 Å². The third kappa shape index (κ3) is 3.24. The van der Waals surface area contributed by atoms with Crippen molar-refractivity contribution in [2.24, 2.45) is 0 Å². The SMILES string of the molecule is CCc1ccc(CC)c(C(Br)c2ccc(Cl)c(F)c2)c1. The van der Waals surface area contributed by atoms with Crippen LogP contribution in [0.2, 0.25) is 5.02 Å². The Labute approximate surface area is 133 Å². The van der Waals surface area contributed by atoms with Gasteiger partial charge < -0.3 is 0 Å². The van der Waals surface area contributed by atoms with Gasteiger partial charge in [-0.15, -0.1) is 0 Å². The maximum Gasteiger partial charge on any atom is 0.142 e. The fourth-order valence-electron chi connectivity index (χ4n) is 2.27. The van der Waals surface area contributed by atoms with E-state index in [2.05, 4.69) is 48.0 Å². The number of aryl methyl sites for hydroxylation is 2. The van der Waals surface area contributed by atoms with E-state index in [4.69, 9.17) is 11.6 Å². The van der Waals surface area contributed by atoms with Crippen LogP contribution in [0.1, 0.15) is 40.9 Å². The zero-order valence-electron chi connectivity index (χ0n) is 11.6. The van der Waals surface area contributed by atoms with Crippen LogP contribution in [0, 0.1) is 5.82 Å². The average molecular weight is 356 g/mol. The van der Waals surface area contributed by atoms with Crippen molar-refractivity contribution in [1.82, 2.24) is 0 Å². The van der Waals surface area contributed by atoms with Gasteiger partial charge in [-0.3, -0.25) is 0 Å². The molecule has 0 aliphatic carbocycles. The van der Waals surface area contributed by atoms with Gasteiger partial charge in [-0.2, -0.15) is 0 Å². The van der Waals surface area contributed by atoms with E-state index in [1.807, 2.05) is 6.07 Å². The highest BCUT2D eigenvalue weighted by molar-refractivity contribution is 9.09. The predicted molar refractivity (Wildman–Crippen MR) is 87.4 cm³/mol. The minimum Gasteiger partial charge on any atom is -0.205 e. The number of benzene rings is 2. The molecule has 0 aliphatic heterocycles. The molecule has 0 aliphatic rings. The normalized spacial score (nSPS) is 12.4. The first-order valence-electron chi connectivity index (χ1n) is 6.77. The van der Waals surface area contributed by atoms with Crippen molar-refractivity contribution in [3.8, 4) is 0 Å². The number of hydrogen-bond donors (Lipinski definition) is 0. The Morgan fingerprint density at radius 3 is 2.45 bits per heavy atom. The molecule has 0 amide bonds. The van der Waals surface area contributed by atoms with Gasteiger partial charge in [0.2, 0.25) is 0 Å². The number of hydrogen-bond acceptors (Lipinski definition) is 0. The molecule has 0 saturated heterocycles. The van der Waals surface area contributed by atoms with Crippen LogP contribution in [0.3, 0.4) is 0 Å². The zero-order valence-corrected chi connectivity index (χ0v) is 13.9. The van der Waals surface area contributed by atoms with E-state index in [9.17, 15) is 4.39 Å². The van der Waals surface area contributed by atoms with Gasteiger partial charge in [0.1, 0.15) is 5.82 Å². The Morgan fingerprint density at radius 2 is 1.85 bits per heavy atom. The zero-order chi connectivity index (χ0) is 14.7. The molecule has 0 radical (unpaired) electrons. The summed E-state index contributed by atoms with van der Waals surface area (Å²) in [6, 6.07) is 11.5. The third-order valence-corrected chi connectivity index (χ3v) is 4.84. The topological polar surface area (TPSA) is 0 Å². The van der Waals surface area contributed by atoms with Crippen molar-refractivity contribution in [3.05, 3.63) is 69.5 Å². The summed E-state index contributed by atoms with van der Waals surface area (Å²) in [6.45, 7) is 4.27. The second kappa shape index (κ2) is 6.73. The Hall–Kier alpha value is -0.860. The van der Waals surface area contributed by atoms with E-state index < -0.39 is 0 Å². The fraction of sp³-hybridized carbons (Fsp3) is 0.294. The maximum atomic E-state index is 13.6. The number of halogens is 3. The van der Waals surface area contributed by atoms with Crippen molar-refractivity contribution in [2.75, 3.05) is 0 Å². The molecule has 106 valence electrons. The summed E-state index contributed by atoms with van der Waals surface area (Å²) in [5, 5.41) is 0.159. The highest BCUT2D eigenvalue weighted by Crippen LogP contribution is 2.35. The smallest absolute Gasteiger partial charge is 0.142 e. The standard InChI is InChI=1S/C17H17BrClF/c1-3-11-5-6-12(4-2)14(9-11)17(18)13-7-8-15(19)16(20)10-13/h5-10,17H,3-4H2,1-2H3. The van der Waals surface area contributed by atoms with Crippen LogP contribution >= 0.6 is 27.5 Å². The summed E-state index contributed by atoms with van der Waals surface area (Å²) in [7, 11) is 0. The second-order valence-electron chi connectivity index (χ2n) is 4.78. The lowest BCUT2D eigenvalue weighted by molar-refractivity contribution is 0.626. The molecule has 0 bridgehead atoms. The lowest BCUT2D eigenvalue weighted by atomic mass is 9.95. The predicted octanol–water partition coefficient (Wildman–Crippen LogP) is 6.09. The van der Waals surface area contributed by atoms with Crippen molar-refractivity contribution >= 4 is 27.5 Å². The van der Waals surface area contributed by atoms with Crippen molar-refractivity contribution in [1.29, 1.82) is 0 Å². The quantitative estimate of drug-likeness (QED) is 0.582. The van der Waals surface area contributed by atoms with E-state index >= 15 is 0 Å². The molecule has 2 aromatic carbocycles. The molecule has 0 heterocycles. The molecule has 2 aromatic rings. The van der Waals surface area contributed by atoms with Crippen LogP contribution in [0.5, 0.6) is 0 Å². The van der Waals surface area contributed by atoms with Crippen LogP contribution in [-0.4, -0.2) is 0 Å². The molecule has 0 spiro atoms. The summed E-state index contributed by atoms with van der Waals surface area (Å²) in [6.07, 6.45) is 1.95. The van der Waals surface area contributed by atoms with E-state index in [0.717, 1.165) is 18.4 Å². The highest BCUT2D eigenvalue weighted by atomic mass is 79.9. The van der Waals surface area contributed by atoms with Gasteiger partial charge in [0.25, 0.3) is 0 Å². The molecular weight excluding hydrogens is 339 g/mol. The molecule has 2 rings (SSSR count). The van der Waals surface area contributed by atoms with Gasteiger partial charge in [-0.25, -0.2) is 4.39 Å². The van der Waals surface area contributed by atoms with E-state index in [0.29, 0.717) is 0 Å². The van der Waals surface area contributed by atoms with Crippen LogP contribution < -0.4 is 0 Å². The maximum absolute atomic E-state index is 13.6. The fourth-order valence-corrected chi connectivity index (χ4v) is 3.10. The van der Waals surface area contributed by atoms with Crippen molar-refractivity contribution < 1.29 is 4.39 Å². The highest BCUT2D eigenvalue weighted by Gasteiger charge is 2.15. The lowest BCUT2D eigenvalue weighted by Gasteiger charge is -2.16. The Bertz CT molecular complexity index is 610. The number of alkyl halides is 1. The summed E-state index contributed by atoms with van der Waals surface area (Å²) in [4.78, 5) is -0.0179. The van der Waals surface area contributed by atoms with Gasteiger partial charge in [0.15, 0.2) is 0 Å². The summed E-state index contributed by atoms with van der Waals surface area (Å²) >= 11 is 9.45. The Kier molecular flexibility index (Phi) is 5.22. The summed E-state index contributed by atoms with van der Waals surface area (Å²) < 4.78 is 13.6. The van der Waals surface area contributed by atoms with Crippen molar-refractivity contribution in [3.63, 3.8) is 0 Å². The monoisotopic (exact) mass is 354 g/mol. The largest absolute Gasteiger partial charge is 0.205 e. The van der Waals surface area contributed by atoms with Crippen LogP contribution in [-0.2, 0) is 12.8 Å². The number of rotatable bonds is 4. The Morgan fingerprint density at radius 1 is 1.10 bits per heavy atom. The minimum atomic E-state index is -0.377. The van der Waals surface area contributed by atoms with Crippen LogP contribution in [0.4, 0.5) is 4.39 Å². The van der Waals surface area contributed by atoms with Gasteiger partial charge >= 0.3 is 0 Å². The minimum absolute atomic E-state index is 0.0179. The lowest BCUT2D eigenvalue weighted by Crippen LogP contribution is -2.00. The molecule has 1 atom stereocenters. The molecular formula is C17H17BrClF. The van der Waals surface area contributed by atoms with Crippen LogP contribution in [0.25, 0.3) is 0 Å². The molecule has 0 nitrogen and oxygen atoms in total. The molecule has 3 heteroatoms. The van der Waals surface area contributed by atoms with Gasteiger partial charge in [-0.1, -0.05) is 65.6 Å². The van der Waals surface area contributed by atoms with Crippen molar-refractivity contribution in [2.45, 2.75) is 31.5 Å². The third-order valence-electron chi connectivity index (χ3n) is 3.51. The summed E-state index contributed by atoms with van der Waals surface area (Å²) in [5.74, 6) is -0.377. The van der Waals surface area contributed by atoms with Gasteiger partial charge in [0.05, 0.1) is 9.85 Å². The molecule has 1 unspecified atom stereocenters. The summed E-state index contributed by atoms with van der Waals surface area (Å²) in [5.41, 5.74) is 4.65. The Balaban J connectivity index is 2.45. The van der Waals surface area contributed by atoms with E-state index in [-0.39, 0.29) is 15.7 Å². The van der Waals surface area contributed by atoms with Crippen LogP contribution in [0.15, 0.2) is 36.4 Å². The van der Waals surface area contributed by atoms with E-state index in [1.54, 1.807) is 6.07 Å².